The molecule has 0 atom stereocenters. The second-order valence-corrected chi connectivity index (χ2v) is 6.49. The average Bonchev–Trinajstić information content (AvgIpc) is 3.25. The van der Waals surface area contributed by atoms with Gasteiger partial charge in [-0.1, -0.05) is 36.4 Å². The van der Waals surface area contributed by atoms with Crippen LogP contribution in [0.4, 0.5) is 0 Å². The Morgan fingerprint density at radius 1 is 0.852 bits per heavy atom. The predicted octanol–water partition coefficient (Wildman–Crippen LogP) is 3.43. The van der Waals surface area contributed by atoms with E-state index >= 15 is 0 Å². The number of amides is 2. The van der Waals surface area contributed by atoms with Crippen molar-refractivity contribution in [3.05, 3.63) is 78.3 Å². The lowest BCUT2D eigenvalue weighted by molar-refractivity contribution is -0.127. The van der Waals surface area contributed by atoms with E-state index in [1.165, 1.54) is 6.08 Å². The second kappa shape index (κ2) is 7.50. The second-order valence-electron chi connectivity index (χ2n) is 6.49. The van der Waals surface area contributed by atoms with Gasteiger partial charge in [-0.25, -0.2) is 0 Å². The Labute approximate surface area is 157 Å². The van der Waals surface area contributed by atoms with Crippen LogP contribution in [0.15, 0.2) is 71.4 Å². The molecule has 0 aliphatic carbocycles. The third kappa shape index (κ3) is 3.62. The molecular weight excluding hydrogens is 340 g/mol. The van der Waals surface area contributed by atoms with Crippen LogP contribution in [0.1, 0.15) is 16.1 Å². The van der Waals surface area contributed by atoms with E-state index in [1.807, 2.05) is 47.4 Å². The first-order valence-electron chi connectivity index (χ1n) is 9.00. The Morgan fingerprint density at radius 3 is 2.37 bits per heavy atom. The van der Waals surface area contributed by atoms with Gasteiger partial charge in [0.1, 0.15) is 5.76 Å². The van der Waals surface area contributed by atoms with E-state index < -0.39 is 0 Å². The molecule has 0 saturated carbocycles. The molecule has 1 saturated heterocycles. The summed E-state index contributed by atoms with van der Waals surface area (Å²) in [5, 5.41) is 2.02. The molecular formula is C22H20N2O3. The number of carbonyl (C=O) groups is 2. The maximum Gasteiger partial charge on any atom is 0.254 e. The van der Waals surface area contributed by atoms with Crippen LogP contribution in [-0.4, -0.2) is 47.8 Å². The molecule has 27 heavy (non-hydrogen) atoms. The molecule has 5 heteroatoms. The summed E-state index contributed by atoms with van der Waals surface area (Å²) in [7, 11) is 0. The lowest BCUT2D eigenvalue weighted by Gasteiger charge is -2.34. The fourth-order valence-corrected chi connectivity index (χ4v) is 3.36. The number of furan rings is 1. The minimum absolute atomic E-state index is 0.0185. The van der Waals surface area contributed by atoms with E-state index in [2.05, 4.69) is 0 Å². The van der Waals surface area contributed by atoms with Gasteiger partial charge >= 0.3 is 0 Å². The molecule has 0 bridgehead atoms. The third-order valence-corrected chi connectivity index (χ3v) is 4.83. The highest BCUT2D eigenvalue weighted by atomic mass is 16.3. The number of hydrogen-bond acceptors (Lipinski definition) is 3. The monoisotopic (exact) mass is 360 g/mol. The summed E-state index contributed by atoms with van der Waals surface area (Å²) in [4.78, 5) is 28.9. The molecule has 0 radical (unpaired) electrons. The van der Waals surface area contributed by atoms with Gasteiger partial charge in [0.05, 0.1) is 6.26 Å². The minimum Gasteiger partial charge on any atom is -0.465 e. The maximum absolute atomic E-state index is 13.0. The van der Waals surface area contributed by atoms with Crippen molar-refractivity contribution in [3.8, 4) is 0 Å². The summed E-state index contributed by atoms with van der Waals surface area (Å²) in [6.45, 7) is 2.11. The molecule has 0 N–H and O–H groups in total. The fourth-order valence-electron chi connectivity index (χ4n) is 3.36. The number of carbonyl (C=O) groups excluding carboxylic acids is 2. The molecule has 2 heterocycles. The highest BCUT2D eigenvalue weighted by Gasteiger charge is 2.24. The smallest absolute Gasteiger partial charge is 0.254 e. The van der Waals surface area contributed by atoms with Crippen molar-refractivity contribution < 1.29 is 14.0 Å². The van der Waals surface area contributed by atoms with Crippen molar-refractivity contribution in [2.24, 2.45) is 0 Å². The molecule has 3 aromatic rings. The van der Waals surface area contributed by atoms with Gasteiger partial charge in [0.2, 0.25) is 5.91 Å². The van der Waals surface area contributed by atoms with Gasteiger partial charge in [-0.2, -0.15) is 0 Å². The fraction of sp³-hybridized carbons (Fsp3) is 0.182. The number of nitrogens with zero attached hydrogens (tertiary/aromatic N) is 2. The van der Waals surface area contributed by atoms with Crippen molar-refractivity contribution in [1.29, 1.82) is 0 Å². The van der Waals surface area contributed by atoms with E-state index in [0.29, 0.717) is 37.5 Å². The quantitative estimate of drug-likeness (QED) is 0.673. The number of piperazine rings is 1. The van der Waals surface area contributed by atoms with Crippen LogP contribution < -0.4 is 0 Å². The molecule has 4 rings (SSSR count). The first-order chi connectivity index (χ1) is 13.2. The standard InChI is InChI=1S/C22H20N2O3/c25-21(11-10-18-7-4-16-27-18)23-12-14-24(15-13-23)22(26)20-9-3-6-17-5-1-2-8-19(17)20/h1-11,16H,12-15H2/b11-10+. The Morgan fingerprint density at radius 2 is 1.59 bits per heavy atom. The average molecular weight is 360 g/mol. The van der Waals surface area contributed by atoms with Gasteiger partial charge in [-0.05, 0) is 35.0 Å². The van der Waals surface area contributed by atoms with Crippen molar-refractivity contribution in [1.82, 2.24) is 9.80 Å². The van der Waals surface area contributed by atoms with Crippen LogP contribution in [0.3, 0.4) is 0 Å². The largest absolute Gasteiger partial charge is 0.465 e. The molecule has 1 fully saturated rings. The predicted molar refractivity (Wildman–Crippen MR) is 104 cm³/mol. The van der Waals surface area contributed by atoms with E-state index in [9.17, 15) is 9.59 Å². The summed E-state index contributed by atoms with van der Waals surface area (Å²) in [6.07, 6.45) is 4.75. The van der Waals surface area contributed by atoms with Crippen molar-refractivity contribution in [3.63, 3.8) is 0 Å². The van der Waals surface area contributed by atoms with Gasteiger partial charge in [0.25, 0.3) is 5.91 Å². The van der Waals surface area contributed by atoms with Crippen molar-refractivity contribution in [2.45, 2.75) is 0 Å². The van der Waals surface area contributed by atoms with Crippen molar-refractivity contribution in [2.75, 3.05) is 26.2 Å². The number of benzene rings is 2. The lowest BCUT2D eigenvalue weighted by Crippen LogP contribution is -2.50. The molecule has 2 aromatic carbocycles. The molecule has 1 aliphatic rings. The van der Waals surface area contributed by atoms with E-state index in [4.69, 9.17) is 4.42 Å². The Balaban J connectivity index is 1.41. The highest BCUT2D eigenvalue weighted by Crippen LogP contribution is 2.20. The molecule has 136 valence electrons. The SMILES string of the molecule is O=C(/C=C/c1ccco1)N1CCN(C(=O)c2cccc3ccccc23)CC1. The normalized spacial score (nSPS) is 14.8. The highest BCUT2D eigenvalue weighted by molar-refractivity contribution is 6.07. The van der Waals surface area contributed by atoms with Crippen LogP contribution >= 0.6 is 0 Å². The van der Waals surface area contributed by atoms with Crippen LogP contribution in [0.25, 0.3) is 16.8 Å². The van der Waals surface area contributed by atoms with E-state index in [-0.39, 0.29) is 11.8 Å². The summed E-state index contributed by atoms with van der Waals surface area (Å²) >= 11 is 0. The molecule has 5 nitrogen and oxygen atoms in total. The van der Waals surface area contributed by atoms with Gasteiger partial charge in [0.15, 0.2) is 0 Å². The van der Waals surface area contributed by atoms with Crippen LogP contribution in [0.2, 0.25) is 0 Å². The van der Waals surface area contributed by atoms with Crippen LogP contribution in [0.5, 0.6) is 0 Å². The maximum atomic E-state index is 13.0. The molecule has 0 spiro atoms. The van der Waals surface area contributed by atoms with Crippen LogP contribution in [-0.2, 0) is 4.79 Å². The Bertz CT molecular complexity index is 978. The topological polar surface area (TPSA) is 53.8 Å². The molecule has 2 amide bonds. The number of rotatable bonds is 3. The minimum atomic E-state index is -0.0661. The van der Waals surface area contributed by atoms with E-state index in [0.717, 1.165) is 10.8 Å². The number of fused-ring (bicyclic) bond motifs is 1. The zero-order chi connectivity index (χ0) is 18.6. The zero-order valence-electron chi connectivity index (χ0n) is 14.9. The van der Waals surface area contributed by atoms with Gasteiger partial charge in [0, 0.05) is 37.8 Å². The Hall–Kier alpha value is -3.34. The summed E-state index contributed by atoms with van der Waals surface area (Å²) in [5.41, 5.74) is 0.714. The van der Waals surface area contributed by atoms with Crippen molar-refractivity contribution >= 4 is 28.7 Å². The zero-order valence-corrected chi connectivity index (χ0v) is 14.9. The van der Waals surface area contributed by atoms with Crippen LogP contribution in [0, 0.1) is 0 Å². The van der Waals surface area contributed by atoms with E-state index in [1.54, 1.807) is 29.4 Å². The summed E-state index contributed by atoms with van der Waals surface area (Å²) < 4.78 is 5.19. The summed E-state index contributed by atoms with van der Waals surface area (Å²) in [6, 6.07) is 17.3. The Kier molecular flexibility index (Phi) is 4.75. The van der Waals surface area contributed by atoms with Gasteiger partial charge in [-0.3, -0.25) is 9.59 Å². The van der Waals surface area contributed by atoms with Gasteiger partial charge < -0.3 is 14.2 Å². The van der Waals surface area contributed by atoms with Gasteiger partial charge in [-0.15, -0.1) is 0 Å². The first-order valence-corrected chi connectivity index (χ1v) is 9.00. The molecule has 1 aromatic heterocycles. The first kappa shape index (κ1) is 17.1. The summed E-state index contributed by atoms with van der Waals surface area (Å²) in [5.74, 6) is 0.599. The number of hydrogen-bond donors (Lipinski definition) is 0. The molecule has 1 aliphatic heterocycles. The lowest BCUT2D eigenvalue weighted by atomic mass is 10.0. The third-order valence-electron chi connectivity index (χ3n) is 4.83. The molecule has 0 unspecified atom stereocenters.